The first kappa shape index (κ1) is 12.5. The monoisotopic (exact) mass is 220 g/mol. The van der Waals surface area contributed by atoms with E-state index in [0.717, 1.165) is 18.8 Å². The minimum atomic E-state index is 0.0162. The molecule has 0 amide bonds. The second-order valence-electron chi connectivity index (χ2n) is 4.25. The predicted octanol–water partition coefficient (Wildman–Crippen LogP) is 1.85. The highest BCUT2D eigenvalue weighted by atomic mass is 15.1. The third-order valence-electron chi connectivity index (χ3n) is 2.35. The van der Waals surface area contributed by atoms with Crippen LogP contribution in [-0.2, 0) is 0 Å². The molecule has 0 aliphatic carbocycles. The summed E-state index contributed by atoms with van der Waals surface area (Å²) < 4.78 is 0. The summed E-state index contributed by atoms with van der Waals surface area (Å²) in [5.74, 6) is 0.622. The van der Waals surface area contributed by atoms with Crippen molar-refractivity contribution in [2.45, 2.75) is 20.8 Å². The quantitative estimate of drug-likeness (QED) is 0.588. The summed E-state index contributed by atoms with van der Waals surface area (Å²) in [6.45, 7) is 8.44. The Kier molecular flexibility index (Phi) is 4.28. The number of pyridine rings is 1. The molecule has 0 saturated heterocycles. The average Bonchev–Trinajstić information content (AvgIpc) is 2.25. The molecule has 0 bridgehead atoms. The van der Waals surface area contributed by atoms with Gasteiger partial charge in [0.1, 0.15) is 11.5 Å². The van der Waals surface area contributed by atoms with Crippen molar-refractivity contribution in [3.8, 4) is 0 Å². The second kappa shape index (κ2) is 5.49. The molecule has 0 spiro atoms. The SMILES string of the molecule is CCN(CC(C)C)c1ccnc(C(=N)N)c1. The Bertz CT molecular complexity index is 360. The van der Waals surface area contributed by atoms with Gasteiger partial charge in [0, 0.05) is 25.0 Å². The molecule has 4 heteroatoms. The second-order valence-corrected chi connectivity index (χ2v) is 4.25. The van der Waals surface area contributed by atoms with Crippen molar-refractivity contribution < 1.29 is 0 Å². The van der Waals surface area contributed by atoms with Gasteiger partial charge in [-0.15, -0.1) is 0 Å². The lowest BCUT2D eigenvalue weighted by atomic mass is 10.2. The van der Waals surface area contributed by atoms with Gasteiger partial charge in [-0.25, -0.2) is 0 Å². The van der Waals surface area contributed by atoms with Gasteiger partial charge in [-0.1, -0.05) is 13.8 Å². The van der Waals surface area contributed by atoms with Crippen LogP contribution in [0.4, 0.5) is 5.69 Å². The summed E-state index contributed by atoms with van der Waals surface area (Å²) >= 11 is 0. The molecule has 3 N–H and O–H groups in total. The summed E-state index contributed by atoms with van der Waals surface area (Å²) in [5, 5.41) is 7.37. The first-order valence-corrected chi connectivity index (χ1v) is 5.60. The highest BCUT2D eigenvalue weighted by molar-refractivity contribution is 5.93. The number of aromatic nitrogens is 1. The molecule has 0 saturated carbocycles. The standard InChI is InChI=1S/C12H20N4/c1-4-16(8-9(2)3)10-5-6-15-11(7-10)12(13)14/h5-7,9H,4,8H2,1-3H3,(H3,13,14). The summed E-state index contributed by atoms with van der Waals surface area (Å²) in [5.41, 5.74) is 7.05. The Balaban J connectivity index is 2.92. The Morgan fingerprint density at radius 3 is 2.75 bits per heavy atom. The lowest BCUT2D eigenvalue weighted by molar-refractivity contribution is 0.618. The number of nitrogen functional groups attached to an aromatic ring is 1. The molecule has 4 nitrogen and oxygen atoms in total. The first-order valence-electron chi connectivity index (χ1n) is 5.60. The molecule has 0 fully saturated rings. The van der Waals surface area contributed by atoms with Crippen LogP contribution in [0.3, 0.4) is 0 Å². The fourth-order valence-corrected chi connectivity index (χ4v) is 1.62. The van der Waals surface area contributed by atoms with E-state index in [1.54, 1.807) is 6.20 Å². The molecule has 1 aromatic rings. The highest BCUT2D eigenvalue weighted by Crippen LogP contribution is 2.15. The average molecular weight is 220 g/mol. The van der Waals surface area contributed by atoms with E-state index in [-0.39, 0.29) is 5.84 Å². The number of nitrogens with zero attached hydrogens (tertiary/aromatic N) is 2. The molecule has 1 heterocycles. The number of hydrogen-bond acceptors (Lipinski definition) is 3. The van der Waals surface area contributed by atoms with Gasteiger partial charge in [0.25, 0.3) is 0 Å². The fourth-order valence-electron chi connectivity index (χ4n) is 1.62. The van der Waals surface area contributed by atoms with Gasteiger partial charge < -0.3 is 10.6 Å². The van der Waals surface area contributed by atoms with E-state index in [4.69, 9.17) is 11.1 Å². The molecule has 0 aliphatic rings. The van der Waals surface area contributed by atoms with E-state index in [9.17, 15) is 0 Å². The zero-order chi connectivity index (χ0) is 12.1. The molecule has 0 aliphatic heterocycles. The molecule has 0 unspecified atom stereocenters. The number of rotatable bonds is 5. The maximum atomic E-state index is 7.37. The predicted molar refractivity (Wildman–Crippen MR) is 68.0 cm³/mol. The zero-order valence-corrected chi connectivity index (χ0v) is 10.2. The Morgan fingerprint density at radius 1 is 1.56 bits per heavy atom. The van der Waals surface area contributed by atoms with Crippen LogP contribution in [0.5, 0.6) is 0 Å². The molecular formula is C12H20N4. The summed E-state index contributed by atoms with van der Waals surface area (Å²) in [6.07, 6.45) is 1.70. The summed E-state index contributed by atoms with van der Waals surface area (Å²) in [6, 6.07) is 3.83. The highest BCUT2D eigenvalue weighted by Gasteiger charge is 2.08. The maximum Gasteiger partial charge on any atom is 0.141 e. The van der Waals surface area contributed by atoms with Crippen molar-refractivity contribution in [3.05, 3.63) is 24.0 Å². The summed E-state index contributed by atoms with van der Waals surface area (Å²) in [7, 11) is 0. The van der Waals surface area contributed by atoms with Crippen LogP contribution in [0, 0.1) is 11.3 Å². The largest absolute Gasteiger partial charge is 0.382 e. The summed E-state index contributed by atoms with van der Waals surface area (Å²) in [4.78, 5) is 6.32. The third kappa shape index (κ3) is 3.22. The Hall–Kier alpha value is -1.58. The molecule has 16 heavy (non-hydrogen) atoms. The van der Waals surface area contributed by atoms with Crippen LogP contribution >= 0.6 is 0 Å². The van der Waals surface area contributed by atoms with Crippen LogP contribution in [0.15, 0.2) is 18.3 Å². The Morgan fingerprint density at radius 2 is 2.25 bits per heavy atom. The van der Waals surface area contributed by atoms with Gasteiger partial charge >= 0.3 is 0 Å². The molecule has 1 rings (SSSR count). The molecule has 0 aromatic carbocycles. The minimum Gasteiger partial charge on any atom is -0.382 e. The van der Waals surface area contributed by atoms with Crippen molar-refractivity contribution in [1.82, 2.24) is 4.98 Å². The molecule has 1 aromatic heterocycles. The number of nitrogens with two attached hydrogens (primary N) is 1. The van der Waals surface area contributed by atoms with E-state index in [0.29, 0.717) is 11.6 Å². The van der Waals surface area contributed by atoms with Crippen LogP contribution in [0.1, 0.15) is 26.5 Å². The normalized spacial score (nSPS) is 10.5. The smallest absolute Gasteiger partial charge is 0.141 e. The van der Waals surface area contributed by atoms with Crippen molar-refractivity contribution in [2.75, 3.05) is 18.0 Å². The fraction of sp³-hybridized carbons (Fsp3) is 0.500. The van der Waals surface area contributed by atoms with E-state index in [1.165, 1.54) is 0 Å². The van der Waals surface area contributed by atoms with Crippen LogP contribution in [-0.4, -0.2) is 23.9 Å². The van der Waals surface area contributed by atoms with Crippen molar-refractivity contribution in [2.24, 2.45) is 11.7 Å². The van der Waals surface area contributed by atoms with Gasteiger partial charge in [0.2, 0.25) is 0 Å². The lowest BCUT2D eigenvalue weighted by Gasteiger charge is -2.25. The van der Waals surface area contributed by atoms with Crippen molar-refractivity contribution in [1.29, 1.82) is 5.41 Å². The van der Waals surface area contributed by atoms with Gasteiger partial charge in [-0.2, -0.15) is 0 Å². The third-order valence-corrected chi connectivity index (χ3v) is 2.35. The topological polar surface area (TPSA) is 66.0 Å². The maximum absolute atomic E-state index is 7.37. The molecule has 0 radical (unpaired) electrons. The van der Waals surface area contributed by atoms with E-state index in [2.05, 4.69) is 30.7 Å². The zero-order valence-electron chi connectivity index (χ0n) is 10.2. The van der Waals surface area contributed by atoms with Crippen LogP contribution in [0.2, 0.25) is 0 Å². The number of hydrogen-bond donors (Lipinski definition) is 2. The van der Waals surface area contributed by atoms with Crippen molar-refractivity contribution >= 4 is 11.5 Å². The van der Waals surface area contributed by atoms with Gasteiger partial charge in [0.05, 0.1) is 0 Å². The van der Waals surface area contributed by atoms with Crippen LogP contribution in [0.25, 0.3) is 0 Å². The number of anilines is 1. The van der Waals surface area contributed by atoms with Gasteiger partial charge in [0.15, 0.2) is 0 Å². The molecule has 88 valence electrons. The number of nitrogens with one attached hydrogen (secondary N) is 1. The lowest BCUT2D eigenvalue weighted by Crippen LogP contribution is -2.27. The van der Waals surface area contributed by atoms with Crippen molar-refractivity contribution in [3.63, 3.8) is 0 Å². The number of amidine groups is 1. The van der Waals surface area contributed by atoms with Gasteiger partial charge in [-0.05, 0) is 25.0 Å². The first-order chi connectivity index (χ1) is 7.54. The molecule has 0 atom stereocenters. The molecular weight excluding hydrogens is 200 g/mol. The van der Waals surface area contributed by atoms with E-state index >= 15 is 0 Å². The Labute approximate surface area is 97.0 Å². The van der Waals surface area contributed by atoms with E-state index < -0.39 is 0 Å². The van der Waals surface area contributed by atoms with Crippen LogP contribution < -0.4 is 10.6 Å². The van der Waals surface area contributed by atoms with E-state index in [1.807, 2.05) is 12.1 Å². The van der Waals surface area contributed by atoms with Gasteiger partial charge in [-0.3, -0.25) is 10.4 Å². The minimum absolute atomic E-state index is 0.0162.